The van der Waals surface area contributed by atoms with Crippen LogP contribution in [0.2, 0.25) is 0 Å². The van der Waals surface area contributed by atoms with Gasteiger partial charge in [0.25, 0.3) is 5.69 Å². The Balaban J connectivity index is 2.00. The normalized spacial score (nSPS) is 10.5. The third kappa shape index (κ3) is 2.85. The zero-order chi connectivity index (χ0) is 14.8. The second-order valence-electron chi connectivity index (χ2n) is 4.45. The molecule has 6 heteroatoms. The van der Waals surface area contributed by atoms with Gasteiger partial charge >= 0.3 is 0 Å². The fourth-order valence-electron chi connectivity index (χ4n) is 2.07. The lowest BCUT2D eigenvalue weighted by Crippen LogP contribution is -1.97. The fourth-order valence-corrected chi connectivity index (χ4v) is 2.42. The Morgan fingerprint density at radius 1 is 1.14 bits per heavy atom. The van der Waals surface area contributed by atoms with Gasteiger partial charge in [-0.25, -0.2) is 0 Å². The first-order valence-corrected chi connectivity index (χ1v) is 6.98. The van der Waals surface area contributed by atoms with Crippen molar-refractivity contribution in [3.63, 3.8) is 0 Å². The lowest BCUT2D eigenvalue weighted by Gasteiger charge is -2.08. The summed E-state index contributed by atoms with van der Waals surface area (Å²) in [4.78, 5) is 14.9. The van der Waals surface area contributed by atoms with E-state index in [1.807, 2.05) is 30.3 Å². The Bertz CT molecular complexity index is 836. The van der Waals surface area contributed by atoms with Crippen LogP contribution in [0.5, 0.6) is 0 Å². The van der Waals surface area contributed by atoms with Crippen molar-refractivity contribution in [2.45, 2.75) is 0 Å². The number of hydrogen-bond donors (Lipinski definition) is 1. The average Bonchev–Trinajstić information content (AvgIpc) is 2.49. The number of fused-ring (bicyclic) bond motifs is 1. The molecule has 1 N–H and O–H groups in total. The number of nitrogens with zero attached hydrogens (tertiary/aromatic N) is 2. The van der Waals surface area contributed by atoms with Crippen molar-refractivity contribution in [2.24, 2.45) is 0 Å². The molecule has 1 heterocycles. The molecule has 0 fully saturated rings. The largest absolute Gasteiger partial charge is 0.350 e. The maximum absolute atomic E-state index is 11.1. The van der Waals surface area contributed by atoms with Crippen molar-refractivity contribution >= 4 is 43.9 Å². The van der Waals surface area contributed by atoms with Crippen LogP contribution in [0.25, 0.3) is 10.9 Å². The highest BCUT2D eigenvalue weighted by Gasteiger charge is 2.14. The third-order valence-corrected chi connectivity index (χ3v) is 3.53. The Labute approximate surface area is 128 Å². The molecule has 3 aromatic rings. The lowest BCUT2D eigenvalue weighted by atomic mass is 10.2. The maximum atomic E-state index is 11.1. The molecule has 0 bridgehead atoms. The van der Waals surface area contributed by atoms with E-state index in [4.69, 9.17) is 0 Å². The summed E-state index contributed by atoms with van der Waals surface area (Å²) in [6, 6.07) is 14.4. The molecule has 0 aliphatic heterocycles. The third-order valence-electron chi connectivity index (χ3n) is 3.04. The summed E-state index contributed by atoms with van der Waals surface area (Å²) in [5.41, 5.74) is 2.14. The van der Waals surface area contributed by atoms with E-state index in [0.717, 1.165) is 16.6 Å². The first-order chi connectivity index (χ1) is 10.1. The molecule has 0 aliphatic rings. The quantitative estimate of drug-likeness (QED) is 0.555. The van der Waals surface area contributed by atoms with Crippen LogP contribution in [-0.4, -0.2) is 9.91 Å². The zero-order valence-electron chi connectivity index (χ0n) is 10.8. The molecular weight excluding hydrogens is 334 g/mol. The first kappa shape index (κ1) is 13.5. The minimum atomic E-state index is -0.407. The fraction of sp³-hybridized carbons (Fsp3) is 0. The van der Waals surface area contributed by atoms with E-state index in [1.165, 1.54) is 6.07 Å². The Morgan fingerprint density at radius 2 is 2.00 bits per heavy atom. The molecule has 0 saturated heterocycles. The summed E-state index contributed by atoms with van der Waals surface area (Å²) in [5.74, 6) is 0. The Morgan fingerprint density at radius 3 is 2.81 bits per heavy atom. The molecule has 0 amide bonds. The van der Waals surface area contributed by atoms with Crippen LogP contribution in [-0.2, 0) is 0 Å². The van der Waals surface area contributed by atoms with Crippen LogP contribution >= 0.6 is 15.9 Å². The van der Waals surface area contributed by atoms with Crippen molar-refractivity contribution in [3.05, 3.63) is 69.3 Å². The number of aromatic nitrogens is 1. The standard InChI is InChI=1S/C15H10BrN3O2/c16-11-3-5-14(15(9-11)19(20)21)18-12-4-6-13-10(8-12)2-1-7-17-13/h1-9,18H. The van der Waals surface area contributed by atoms with Crippen LogP contribution in [0.3, 0.4) is 0 Å². The molecule has 21 heavy (non-hydrogen) atoms. The number of nitro groups is 1. The molecule has 0 radical (unpaired) electrons. The number of nitrogens with one attached hydrogen (secondary N) is 1. The van der Waals surface area contributed by atoms with Gasteiger partial charge in [-0.1, -0.05) is 22.0 Å². The molecule has 5 nitrogen and oxygen atoms in total. The summed E-state index contributed by atoms with van der Waals surface area (Å²) in [5, 5.41) is 15.2. The van der Waals surface area contributed by atoms with Crippen LogP contribution in [0.1, 0.15) is 0 Å². The molecule has 0 spiro atoms. The second-order valence-corrected chi connectivity index (χ2v) is 5.37. The zero-order valence-corrected chi connectivity index (χ0v) is 12.4. The van der Waals surface area contributed by atoms with Crippen molar-refractivity contribution in [3.8, 4) is 0 Å². The van der Waals surface area contributed by atoms with Gasteiger partial charge in [0.05, 0.1) is 10.4 Å². The van der Waals surface area contributed by atoms with Crippen LogP contribution in [0.4, 0.5) is 17.1 Å². The highest BCUT2D eigenvalue weighted by atomic mass is 79.9. The van der Waals surface area contributed by atoms with Gasteiger partial charge in [-0.15, -0.1) is 0 Å². The highest BCUT2D eigenvalue weighted by Crippen LogP contribution is 2.31. The number of halogens is 1. The smallest absolute Gasteiger partial charge is 0.293 e. The molecule has 0 unspecified atom stereocenters. The SMILES string of the molecule is O=[N+]([O-])c1cc(Br)ccc1Nc1ccc2ncccc2c1. The summed E-state index contributed by atoms with van der Waals surface area (Å²) in [7, 11) is 0. The predicted octanol–water partition coefficient (Wildman–Crippen LogP) is 4.65. The van der Waals surface area contributed by atoms with Crippen LogP contribution in [0, 0.1) is 10.1 Å². The monoisotopic (exact) mass is 343 g/mol. The van der Waals surface area contributed by atoms with Crippen molar-refractivity contribution in [1.82, 2.24) is 4.98 Å². The van der Waals surface area contributed by atoms with Gasteiger partial charge in [0.2, 0.25) is 0 Å². The average molecular weight is 344 g/mol. The number of benzene rings is 2. The predicted molar refractivity (Wildman–Crippen MR) is 85.8 cm³/mol. The summed E-state index contributed by atoms with van der Waals surface area (Å²) in [6.45, 7) is 0. The summed E-state index contributed by atoms with van der Waals surface area (Å²) in [6.07, 6.45) is 1.73. The van der Waals surface area contributed by atoms with Gasteiger partial charge in [-0.2, -0.15) is 0 Å². The van der Waals surface area contributed by atoms with Gasteiger partial charge in [-0.3, -0.25) is 15.1 Å². The van der Waals surface area contributed by atoms with E-state index in [0.29, 0.717) is 10.2 Å². The van der Waals surface area contributed by atoms with Crippen LogP contribution < -0.4 is 5.32 Å². The highest BCUT2D eigenvalue weighted by molar-refractivity contribution is 9.10. The van der Waals surface area contributed by atoms with Gasteiger partial charge in [0.15, 0.2) is 0 Å². The van der Waals surface area contributed by atoms with E-state index in [2.05, 4.69) is 26.2 Å². The van der Waals surface area contributed by atoms with Crippen LogP contribution in [0.15, 0.2) is 59.2 Å². The number of pyridine rings is 1. The van der Waals surface area contributed by atoms with E-state index >= 15 is 0 Å². The van der Waals surface area contributed by atoms with E-state index in [-0.39, 0.29) is 5.69 Å². The number of anilines is 2. The number of rotatable bonds is 3. The molecule has 1 aromatic heterocycles. The molecule has 2 aromatic carbocycles. The molecule has 104 valence electrons. The van der Waals surface area contributed by atoms with Gasteiger partial charge < -0.3 is 5.32 Å². The lowest BCUT2D eigenvalue weighted by molar-refractivity contribution is -0.384. The molecule has 3 rings (SSSR count). The summed E-state index contributed by atoms with van der Waals surface area (Å²) >= 11 is 3.24. The number of nitro benzene ring substituents is 1. The minimum absolute atomic E-state index is 0.0238. The maximum Gasteiger partial charge on any atom is 0.293 e. The molecule has 0 saturated carbocycles. The second kappa shape index (κ2) is 5.49. The van der Waals surface area contributed by atoms with Gasteiger partial charge in [0, 0.05) is 27.8 Å². The van der Waals surface area contributed by atoms with E-state index in [9.17, 15) is 10.1 Å². The van der Waals surface area contributed by atoms with Crippen molar-refractivity contribution in [1.29, 1.82) is 0 Å². The van der Waals surface area contributed by atoms with Gasteiger partial charge in [0.1, 0.15) is 5.69 Å². The van der Waals surface area contributed by atoms with Crippen molar-refractivity contribution < 1.29 is 4.92 Å². The Kier molecular flexibility index (Phi) is 3.53. The molecule has 0 aliphatic carbocycles. The molecule has 0 atom stereocenters. The minimum Gasteiger partial charge on any atom is -0.350 e. The topological polar surface area (TPSA) is 68.1 Å². The van der Waals surface area contributed by atoms with Gasteiger partial charge in [-0.05, 0) is 36.4 Å². The Hall–Kier alpha value is -2.47. The van der Waals surface area contributed by atoms with Crippen molar-refractivity contribution in [2.75, 3.05) is 5.32 Å². The summed E-state index contributed by atoms with van der Waals surface area (Å²) < 4.78 is 0.669. The first-order valence-electron chi connectivity index (χ1n) is 6.19. The van der Waals surface area contributed by atoms with E-state index in [1.54, 1.807) is 18.3 Å². The number of hydrogen-bond acceptors (Lipinski definition) is 4. The van der Waals surface area contributed by atoms with E-state index < -0.39 is 4.92 Å². The molecular formula is C15H10BrN3O2.